The van der Waals surface area contributed by atoms with Crippen molar-refractivity contribution >= 4 is 58.2 Å². The average molecular weight is 708 g/mol. The molecule has 4 aromatic carbocycles. The molecule has 8 nitrogen and oxygen atoms in total. The Bertz CT molecular complexity index is 2150. The van der Waals surface area contributed by atoms with Gasteiger partial charge in [-0.25, -0.2) is 9.80 Å². The third-order valence-corrected chi connectivity index (χ3v) is 11.8. The maximum absolute atomic E-state index is 15.3. The lowest BCUT2D eigenvalue weighted by Gasteiger charge is -2.50. The van der Waals surface area contributed by atoms with Gasteiger partial charge in [-0.3, -0.25) is 19.2 Å². The molecule has 0 bridgehead atoms. The molecule has 2 aliphatic carbocycles. The van der Waals surface area contributed by atoms with Gasteiger partial charge in [0, 0.05) is 16.0 Å². The number of hydrogen-bond acceptors (Lipinski definition) is 6. The Kier molecular flexibility index (Phi) is 7.66. The minimum atomic E-state index is -1.45. The molecule has 252 valence electrons. The van der Waals surface area contributed by atoms with Crippen LogP contribution in [0.25, 0.3) is 0 Å². The van der Waals surface area contributed by atoms with E-state index in [1.165, 1.54) is 16.9 Å². The molecule has 2 heterocycles. The fourth-order valence-corrected chi connectivity index (χ4v) is 9.34. The number of methoxy groups -OCH3 is 1. The van der Waals surface area contributed by atoms with E-state index >= 15 is 4.79 Å². The third-order valence-electron chi connectivity index (χ3n) is 11.1. The zero-order valence-electron chi connectivity index (χ0n) is 27.2. The van der Waals surface area contributed by atoms with Crippen LogP contribution < -0.4 is 14.5 Å². The number of carbonyl (C=O) groups excluding carboxylic acids is 4. The number of phenolic OH excluding ortho intramolecular Hbond substituents is 1. The van der Waals surface area contributed by atoms with Gasteiger partial charge in [-0.15, -0.1) is 0 Å². The first-order chi connectivity index (χ1) is 24.1. The lowest BCUT2D eigenvalue weighted by atomic mass is 9.49. The monoisotopic (exact) mass is 706 g/mol. The first-order valence-electron chi connectivity index (χ1n) is 16.5. The van der Waals surface area contributed by atoms with Crippen molar-refractivity contribution in [1.29, 1.82) is 0 Å². The fourth-order valence-electron chi connectivity index (χ4n) is 8.98. The summed E-state index contributed by atoms with van der Waals surface area (Å²) < 4.78 is 5.36. The van der Waals surface area contributed by atoms with Crippen LogP contribution in [0.15, 0.2) is 103 Å². The van der Waals surface area contributed by atoms with Crippen molar-refractivity contribution in [2.24, 2.45) is 23.7 Å². The molecular formula is C40H32Cl2N2O6. The first kappa shape index (κ1) is 32.3. The number of amides is 4. The Balaban J connectivity index is 1.35. The van der Waals surface area contributed by atoms with Gasteiger partial charge in [0.1, 0.15) is 0 Å². The molecule has 0 spiro atoms. The van der Waals surface area contributed by atoms with Gasteiger partial charge >= 0.3 is 0 Å². The minimum Gasteiger partial charge on any atom is -0.504 e. The number of allylic oxidation sites excluding steroid dienone is 2. The zero-order chi connectivity index (χ0) is 35.1. The van der Waals surface area contributed by atoms with E-state index in [2.05, 4.69) is 0 Å². The van der Waals surface area contributed by atoms with Crippen molar-refractivity contribution < 1.29 is 29.0 Å². The van der Waals surface area contributed by atoms with Crippen LogP contribution in [0.4, 0.5) is 11.4 Å². The number of aromatic hydroxyl groups is 1. The first-order valence-corrected chi connectivity index (χ1v) is 17.2. The molecule has 1 saturated carbocycles. The average Bonchev–Trinajstić information content (AvgIpc) is 3.50. The Labute approximate surface area is 298 Å². The van der Waals surface area contributed by atoms with Crippen LogP contribution in [0, 0.1) is 30.6 Å². The number of rotatable bonds is 5. The van der Waals surface area contributed by atoms with E-state index in [9.17, 15) is 19.5 Å². The predicted octanol–water partition coefficient (Wildman–Crippen LogP) is 7.38. The summed E-state index contributed by atoms with van der Waals surface area (Å²) >= 11 is 12.8. The van der Waals surface area contributed by atoms with Gasteiger partial charge in [0.05, 0.1) is 41.7 Å². The number of nitrogens with zero attached hydrogens (tertiary/aromatic N) is 2. The highest BCUT2D eigenvalue weighted by Gasteiger charge is 2.70. The molecule has 6 atom stereocenters. The highest BCUT2D eigenvalue weighted by Crippen LogP contribution is 2.65. The van der Waals surface area contributed by atoms with Gasteiger partial charge in [-0.2, -0.15) is 0 Å². The number of benzene rings is 4. The molecule has 3 fully saturated rings. The number of fused-ring (bicyclic) bond motifs is 4. The second kappa shape index (κ2) is 11.9. The summed E-state index contributed by atoms with van der Waals surface area (Å²) in [6.45, 7) is 1.85. The largest absolute Gasteiger partial charge is 0.504 e. The fraction of sp³-hybridized carbons (Fsp3) is 0.250. The summed E-state index contributed by atoms with van der Waals surface area (Å²) in [7, 11) is 1.45. The number of phenols is 1. The molecule has 0 radical (unpaired) electrons. The molecule has 2 aliphatic heterocycles. The topological polar surface area (TPSA) is 104 Å². The van der Waals surface area contributed by atoms with Crippen molar-refractivity contribution in [1.82, 2.24) is 0 Å². The Morgan fingerprint density at radius 2 is 1.56 bits per heavy atom. The second-order valence-electron chi connectivity index (χ2n) is 13.5. The van der Waals surface area contributed by atoms with Crippen LogP contribution in [0.3, 0.4) is 0 Å². The molecular weight excluding hydrogens is 675 g/mol. The number of halogens is 2. The van der Waals surface area contributed by atoms with Crippen molar-refractivity contribution in [3.8, 4) is 11.5 Å². The summed E-state index contributed by atoms with van der Waals surface area (Å²) in [6, 6.07) is 26.0. The molecule has 4 amide bonds. The van der Waals surface area contributed by atoms with Gasteiger partial charge in [0.25, 0.3) is 0 Å². The maximum Gasteiger partial charge on any atom is 0.246 e. The molecule has 8 rings (SSSR count). The molecule has 1 N–H and O–H groups in total. The van der Waals surface area contributed by atoms with Gasteiger partial charge in [-0.05, 0) is 84.8 Å². The second-order valence-corrected chi connectivity index (χ2v) is 14.3. The number of imide groups is 2. The Hall–Kier alpha value is -4.92. The van der Waals surface area contributed by atoms with Crippen molar-refractivity contribution in [2.45, 2.75) is 31.1 Å². The number of ether oxygens (including phenoxy) is 1. The number of carbonyl (C=O) groups is 4. The van der Waals surface area contributed by atoms with Crippen LogP contribution in [0.2, 0.25) is 10.0 Å². The number of anilines is 2. The normalized spacial score (nSPS) is 27.2. The number of hydrogen-bond donors (Lipinski definition) is 1. The van der Waals surface area contributed by atoms with E-state index in [0.717, 1.165) is 11.1 Å². The van der Waals surface area contributed by atoms with Gasteiger partial charge in [-0.1, -0.05) is 83.4 Å². The minimum absolute atomic E-state index is 0.126. The Morgan fingerprint density at radius 3 is 2.26 bits per heavy atom. The molecule has 0 aromatic heterocycles. The van der Waals surface area contributed by atoms with Crippen molar-refractivity contribution in [3.63, 3.8) is 0 Å². The summed E-state index contributed by atoms with van der Waals surface area (Å²) in [4.78, 5) is 61.1. The summed E-state index contributed by atoms with van der Waals surface area (Å²) in [5.41, 5.74) is 2.12. The van der Waals surface area contributed by atoms with E-state index in [0.29, 0.717) is 32.5 Å². The smallest absolute Gasteiger partial charge is 0.246 e. The van der Waals surface area contributed by atoms with E-state index in [-0.39, 0.29) is 36.2 Å². The highest BCUT2D eigenvalue weighted by atomic mass is 35.5. The van der Waals surface area contributed by atoms with Crippen LogP contribution in [-0.2, 0) is 24.6 Å². The molecule has 2 saturated heterocycles. The molecule has 10 heteroatoms. The molecule has 4 aliphatic rings. The highest BCUT2D eigenvalue weighted by molar-refractivity contribution is 6.33. The predicted molar refractivity (Wildman–Crippen MR) is 189 cm³/mol. The molecule has 4 aromatic rings. The zero-order valence-corrected chi connectivity index (χ0v) is 28.7. The maximum atomic E-state index is 15.3. The summed E-state index contributed by atoms with van der Waals surface area (Å²) in [6.07, 6.45) is 2.41. The summed E-state index contributed by atoms with van der Waals surface area (Å²) in [5.74, 6) is -5.06. The van der Waals surface area contributed by atoms with Gasteiger partial charge < -0.3 is 9.84 Å². The molecule has 0 unspecified atom stereocenters. The van der Waals surface area contributed by atoms with Crippen molar-refractivity contribution in [3.05, 3.63) is 129 Å². The van der Waals surface area contributed by atoms with E-state index < -0.39 is 46.8 Å². The van der Waals surface area contributed by atoms with Crippen LogP contribution >= 0.6 is 23.2 Å². The van der Waals surface area contributed by atoms with E-state index in [1.54, 1.807) is 60.7 Å². The lowest BCUT2D eigenvalue weighted by Crippen LogP contribution is -2.53. The third kappa shape index (κ3) is 4.51. The van der Waals surface area contributed by atoms with Crippen LogP contribution in [-0.4, -0.2) is 35.8 Å². The lowest BCUT2D eigenvalue weighted by molar-refractivity contribution is -0.127. The van der Waals surface area contributed by atoms with E-state index in [4.69, 9.17) is 27.9 Å². The standard InChI is InChI=1S/C40H32Cl2N2O6/c1-21-11-13-26(19-31(21)42)43-36(46)28-15-14-27-29(34(28)38(43)48)20-30-37(47)44(25-10-6-9-24(41)18-25)39(49)40(30,23-7-4-3-5-8-23)35(27)22-12-16-33(50-2)32(45)17-22/h3-14,16-19,28-30,34-35,45H,15,20H2,1-2H3/t28-,29+,30-,34-,35-,40+/m0/s1. The van der Waals surface area contributed by atoms with Crippen molar-refractivity contribution in [2.75, 3.05) is 16.9 Å². The SMILES string of the molecule is COc1ccc([C@H]2C3=CC[C@@H]4C(=O)N(c5ccc(C)c(Cl)c5)C(=O)[C@@H]4[C@@H]3C[C@H]3C(=O)N(c4cccc(Cl)c4)C(=O)[C@@]23c2ccccc2)cc1O. The molecule has 50 heavy (non-hydrogen) atoms. The van der Waals surface area contributed by atoms with E-state index in [1.807, 2.05) is 43.3 Å². The number of aryl methyl sites for hydroxylation is 1. The van der Waals surface area contributed by atoms with Gasteiger partial charge in [0.15, 0.2) is 11.5 Å². The summed E-state index contributed by atoms with van der Waals surface area (Å²) in [5, 5.41) is 11.9. The van der Waals surface area contributed by atoms with Gasteiger partial charge in [0.2, 0.25) is 23.6 Å². The van der Waals surface area contributed by atoms with Crippen LogP contribution in [0.5, 0.6) is 11.5 Å². The quantitative estimate of drug-likeness (QED) is 0.172. The Morgan fingerprint density at radius 1 is 0.800 bits per heavy atom. The van der Waals surface area contributed by atoms with Crippen LogP contribution in [0.1, 0.15) is 35.4 Å².